The van der Waals surface area contributed by atoms with Gasteiger partial charge in [0, 0.05) is 23.7 Å². The Morgan fingerprint density at radius 2 is 1.95 bits per heavy atom. The number of benzene rings is 1. The van der Waals surface area contributed by atoms with Gasteiger partial charge in [-0.05, 0) is 58.4 Å². The fraction of sp³-hybridized carbons (Fsp3) is 0.500. The summed E-state index contributed by atoms with van der Waals surface area (Å²) in [5.41, 5.74) is 1.17. The topological polar surface area (TPSA) is 17.0 Å². The summed E-state index contributed by atoms with van der Waals surface area (Å²) in [6, 6.07) is 7.12. The van der Waals surface area contributed by atoms with Crippen molar-refractivity contribution in [3.8, 4) is 0 Å². The van der Waals surface area contributed by atoms with Crippen LogP contribution in [0.1, 0.15) is 33.6 Å². The number of nitrogens with one attached hydrogen (secondary N) is 1. The molecule has 0 unspecified atom stereocenters. The van der Waals surface area contributed by atoms with Crippen LogP contribution in [0.15, 0.2) is 30.5 Å². The lowest BCUT2D eigenvalue weighted by atomic mass is 10.1. The largest absolute Gasteiger partial charge is 0.347 e. The molecule has 0 bridgehead atoms. The first kappa shape index (κ1) is 14.1. The van der Waals surface area contributed by atoms with E-state index in [0.29, 0.717) is 0 Å². The SMILES string of the molecule is CC(C)(C)NCCCCn1ccc2c(F)cccc21. The third-order valence-corrected chi connectivity index (χ3v) is 3.24. The van der Waals surface area contributed by atoms with Crippen LogP contribution < -0.4 is 5.32 Å². The minimum atomic E-state index is -0.134. The molecule has 1 aromatic heterocycles. The third kappa shape index (κ3) is 3.80. The lowest BCUT2D eigenvalue weighted by Crippen LogP contribution is -2.36. The Balaban J connectivity index is 1.87. The molecule has 1 heterocycles. The van der Waals surface area contributed by atoms with E-state index >= 15 is 0 Å². The number of nitrogens with zero attached hydrogens (tertiary/aromatic N) is 1. The molecule has 0 saturated carbocycles. The Bertz CT molecular complexity index is 537. The number of hydrogen-bond acceptors (Lipinski definition) is 1. The maximum absolute atomic E-state index is 13.6. The molecular weight excluding hydrogens is 239 g/mol. The average molecular weight is 262 g/mol. The molecule has 104 valence electrons. The van der Waals surface area contributed by atoms with Crippen LogP contribution in [0.25, 0.3) is 10.9 Å². The Hall–Kier alpha value is -1.35. The maximum Gasteiger partial charge on any atom is 0.132 e. The lowest BCUT2D eigenvalue weighted by Gasteiger charge is -2.20. The van der Waals surface area contributed by atoms with E-state index in [4.69, 9.17) is 0 Å². The number of aromatic nitrogens is 1. The van der Waals surface area contributed by atoms with E-state index < -0.39 is 0 Å². The Morgan fingerprint density at radius 3 is 2.68 bits per heavy atom. The molecule has 2 nitrogen and oxygen atoms in total. The molecule has 0 aliphatic heterocycles. The fourth-order valence-electron chi connectivity index (χ4n) is 2.25. The minimum absolute atomic E-state index is 0.134. The molecular formula is C16H23FN2. The van der Waals surface area contributed by atoms with Crippen LogP contribution in [0.3, 0.4) is 0 Å². The van der Waals surface area contributed by atoms with Gasteiger partial charge in [0.25, 0.3) is 0 Å². The van der Waals surface area contributed by atoms with E-state index in [2.05, 4.69) is 30.7 Å². The average Bonchev–Trinajstić information content (AvgIpc) is 2.72. The summed E-state index contributed by atoms with van der Waals surface area (Å²) in [6.07, 6.45) is 4.21. The van der Waals surface area contributed by atoms with E-state index in [1.165, 1.54) is 6.07 Å². The zero-order valence-electron chi connectivity index (χ0n) is 12.0. The first-order chi connectivity index (χ1) is 8.97. The van der Waals surface area contributed by atoms with Gasteiger partial charge in [0.2, 0.25) is 0 Å². The predicted molar refractivity (Wildman–Crippen MR) is 78.9 cm³/mol. The summed E-state index contributed by atoms with van der Waals surface area (Å²) in [5.74, 6) is -0.134. The van der Waals surface area contributed by atoms with Crippen molar-refractivity contribution in [1.29, 1.82) is 0 Å². The molecule has 0 saturated heterocycles. The van der Waals surface area contributed by atoms with Gasteiger partial charge in [-0.25, -0.2) is 4.39 Å². The Labute approximate surface area is 114 Å². The Morgan fingerprint density at radius 1 is 1.16 bits per heavy atom. The molecule has 19 heavy (non-hydrogen) atoms. The molecule has 0 radical (unpaired) electrons. The number of aryl methyl sites for hydroxylation is 1. The molecule has 0 aliphatic carbocycles. The lowest BCUT2D eigenvalue weighted by molar-refractivity contribution is 0.415. The van der Waals surface area contributed by atoms with E-state index in [1.54, 1.807) is 6.07 Å². The van der Waals surface area contributed by atoms with E-state index in [-0.39, 0.29) is 11.4 Å². The van der Waals surface area contributed by atoms with E-state index in [1.807, 2.05) is 18.3 Å². The highest BCUT2D eigenvalue weighted by Crippen LogP contribution is 2.19. The number of unbranched alkanes of at least 4 members (excludes halogenated alkanes) is 1. The smallest absolute Gasteiger partial charge is 0.132 e. The molecule has 2 aromatic rings. The zero-order chi connectivity index (χ0) is 13.9. The molecule has 1 N–H and O–H groups in total. The highest BCUT2D eigenvalue weighted by Gasteiger charge is 2.07. The van der Waals surface area contributed by atoms with E-state index in [9.17, 15) is 4.39 Å². The van der Waals surface area contributed by atoms with Gasteiger partial charge in [0.1, 0.15) is 5.82 Å². The molecule has 3 heteroatoms. The van der Waals surface area contributed by atoms with Crippen molar-refractivity contribution < 1.29 is 4.39 Å². The van der Waals surface area contributed by atoms with Crippen molar-refractivity contribution in [2.24, 2.45) is 0 Å². The molecule has 0 spiro atoms. The second-order valence-electron chi connectivity index (χ2n) is 6.07. The minimum Gasteiger partial charge on any atom is -0.347 e. The number of rotatable bonds is 5. The monoisotopic (exact) mass is 262 g/mol. The van der Waals surface area contributed by atoms with Crippen molar-refractivity contribution in [2.45, 2.75) is 45.7 Å². The molecule has 2 rings (SSSR count). The molecule has 0 atom stereocenters. The van der Waals surface area contributed by atoms with Crippen molar-refractivity contribution in [2.75, 3.05) is 6.54 Å². The summed E-state index contributed by atoms with van der Waals surface area (Å²) in [7, 11) is 0. The number of hydrogen-bond donors (Lipinski definition) is 1. The zero-order valence-corrected chi connectivity index (χ0v) is 12.0. The van der Waals surface area contributed by atoms with Crippen molar-refractivity contribution in [1.82, 2.24) is 9.88 Å². The summed E-state index contributed by atoms with van der Waals surface area (Å²) in [4.78, 5) is 0. The van der Waals surface area contributed by atoms with Crippen molar-refractivity contribution >= 4 is 10.9 Å². The van der Waals surface area contributed by atoms with Gasteiger partial charge in [-0.1, -0.05) is 6.07 Å². The van der Waals surface area contributed by atoms with Gasteiger partial charge in [0.15, 0.2) is 0 Å². The fourth-order valence-corrected chi connectivity index (χ4v) is 2.25. The maximum atomic E-state index is 13.6. The summed E-state index contributed by atoms with van der Waals surface area (Å²) in [6.45, 7) is 8.50. The standard InChI is InChI=1S/C16H23FN2/c1-16(2,3)18-10-4-5-11-19-12-9-13-14(17)7-6-8-15(13)19/h6-9,12,18H,4-5,10-11H2,1-3H3. The normalized spacial score (nSPS) is 12.2. The second kappa shape index (κ2) is 5.74. The van der Waals surface area contributed by atoms with Crippen LogP contribution in [0.5, 0.6) is 0 Å². The van der Waals surface area contributed by atoms with Crippen LogP contribution in [0, 0.1) is 5.82 Å². The first-order valence-corrected chi connectivity index (χ1v) is 6.96. The van der Waals surface area contributed by atoms with Crippen LogP contribution in [-0.2, 0) is 6.54 Å². The number of halogens is 1. The van der Waals surface area contributed by atoms with Crippen LogP contribution >= 0.6 is 0 Å². The highest BCUT2D eigenvalue weighted by atomic mass is 19.1. The molecule has 0 aliphatic rings. The van der Waals surface area contributed by atoms with Gasteiger partial charge >= 0.3 is 0 Å². The summed E-state index contributed by atoms with van der Waals surface area (Å²) < 4.78 is 15.7. The third-order valence-electron chi connectivity index (χ3n) is 3.24. The predicted octanol–water partition coefficient (Wildman–Crippen LogP) is 3.95. The van der Waals surface area contributed by atoms with Crippen molar-refractivity contribution in [3.63, 3.8) is 0 Å². The molecule has 0 fully saturated rings. The first-order valence-electron chi connectivity index (χ1n) is 6.96. The van der Waals surface area contributed by atoms with Gasteiger partial charge in [-0.15, -0.1) is 0 Å². The Kier molecular flexibility index (Phi) is 4.25. The second-order valence-corrected chi connectivity index (χ2v) is 6.07. The van der Waals surface area contributed by atoms with Crippen molar-refractivity contribution in [3.05, 3.63) is 36.3 Å². The number of fused-ring (bicyclic) bond motifs is 1. The van der Waals surface area contributed by atoms with Gasteiger partial charge in [0.05, 0.1) is 5.52 Å². The van der Waals surface area contributed by atoms with Gasteiger partial charge in [-0.3, -0.25) is 0 Å². The summed E-state index contributed by atoms with van der Waals surface area (Å²) >= 11 is 0. The van der Waals surface area contributed by atoms with Gasteiger partial charge in [-0.2, -0.15) is 0 Å². The quantitative estimate of drug-likeness (QED) is 0.807. The van der Waals surface area contributed by atoms with E-state index in [0.717, 1.165) is 36.8 Å². The highest BCUT2D eigenvalue weighted by molar-refractivity contribution is 5.80. The van der Waals surface area contributed by atoms with Crippen LogP contribution in [0.4, 0.5) is 4.39 Å². The van der Waals surface area contributed by atoms with Crippen LogP contribution in [-0.4, -0.2) is 16.7 Å². The van der Waals surface area contributed by atoms with Crippen LogP contribution in [0.2, 0.25) is 0 Å². The van der Waals surface area contributed by atoms with Gasteiger partial charge < -0.3 is 9.88 Å². The molecule has 1 aromatic carbocycles. The molecule has 0 amide bonds. The summed E-state index contributed by atoms with van der Waals surface area (Å²) in [5, 5.41) is 4.20.